The molecule has 9 heteroatoms. The van der Waals surface area contributed by atoms with Gasteiger partial charge < -0.3 is 5.32 Å². The summed E-state index contributed by atoms with van der Waals surface area (Å²) in [5, 5.41) is 2.83. The fourth-order valence-electron chi connectivity index (χ4n) is 3.10. The predicted octanol–water partition coefficient (Wildman–Crippen LogP) is 2.97. The van der Waals surface area contributed by atoms with E-state index in [1.807, 2.05) is 0 Å². The fourth-order valence-corrected chi connectivity index (χ4v) is 4.78. The normalized spacial score (nSPS) is 14.0. The second-order valence-corrected chi connectivity index (χ2v) is 8.53. The number of halogens is 1. The molecule has 1 aliphatic rings. The Balaban J connectivity index is 2.05. The first-order valence-electron chi connectivity index (χ1n) is 8.80. The van der Waals surface area contributed by atoms with Gasteiger partial charge in [0.05, 0.1) is 26.9 Å². The minimum atomic E-state index is -3.75. The molecule has 3 rings (SSSR count). The van der Waals surface area contributed by atoms with E-state index in [2.05, 4.69) is 5.32 Å². The molecule has 0 saturated heterocycles. The summed E-state index contributed by atoms with van der Waals surface area (Å²) in [4.78, 5) is 26.5. The van der Waals surface area contributed by atoms with Crippen LogP contribution < -0.4 is 10.2 Å². The smallest absolute Gasteiger partial charge is 0.260 e. The number of sulfonamides is 1. The lowest BCUT2D eigenvalue weighted by Gasteiger charge is -2.29. The molecule has 0 atom stereocenters. The molecule has 0 aromatic heterocycles. The van der Waals surface area contributed by atoms with Gasteiger partial charge in [0.25, 0.3) is 5.91 Å². The summed E-state index contributed by atoms with van der Waals surface area (Å²) < 4.78 is 26.9. The Morgan fingerprint density at radius 2 is 1.86 bits per heavy atom. The Kier molecular flexibility index (Phi) is 5.74. The van der Waals surface area contributed by atoms with Crippen LogP contribution >= 0.6 is 11.6 Å². The van der Waals surface area contributed by atoms with Crippen LogP contribution in [0.3, 0.4) is 0 Å². The molecule has 1 N–H and O–H groups in total. The van der Waals surface area contributed by atoms with Crippen molar-refractivity contribution in [1.82, 2.24) is 4.31 Å². The molecule has 7 nitrogen and oxygen atoms in total. The number of carbonyl (C=O) groups is 2. The molecule has 28 heavy (non-hydrogen) atoms. The minimum absolute atomic E-state index is 0.0151. The van der Waals surface area contributed by atoms with Crippen LogP contribution in [0.25, 0.3) is 0 Å². The van der Waals surface area contributed by atoms with Gasteiger partial charge in [0.15, 0.2) is 0 Å². The third-order valence-corrected chi connectivity index (χ3v) is 6.90. The topological polar surface area (TPSA) is 86.8 Å². The van der Waals surface area contributed by atoms with Crippen molar-refractivity contribution in [3.05, 3.63) is 53.1 Å². The van der Waals surface area contributed by atoms with Crippen LogP contribution in [0, 0.1) is 0 Å². The van der Waals surface area contributed by atoms with Crippen molar-refractivity contribution in [1.29, 1.82) is 0 Å². The van der Waals surface area contributed by atoms with Gasteiger partial charge >= 0.3 is 0 Å². The van der Waals surface area contributed by atoms with Crippen LogP contribution in [0.5, 0.6) is 0 Å². The zero-order valence-electron chi connectivity index (χ0n) is 15.5. The number of para-hydroxylation sites is 2. The lowest BCUT2D eigenvalue weighted by Crippen LogP contribution is -2.42. The molecule has 1 aliphatic heterocycles. The van der Waals surface area contributed by atoms with Crippen molar-refractivity contribution in [2.24, 2.45) is 0 Å². The second-order valence-electron chi connectivity index (χ2n) is 6.19. The number of fused-ring (bicyclic) bond motifs is 1. The first-order valence-corrected chi connectivity index (χ1v) is 10.6. The number of carbonyl (C=O) groups excluding carboxylic acids is 2. The van der Waals surface area contributed by atoms with E-state index in [4.69, 9.17) is 11.6 Å². The van der Waals surface area contributed by atoms with Crippen LogP contribution in [0.2, 0.25) is 5.02 Å². The summed E-state index contributed by atoms with van der Waals surface area (Å²) in [5.74, 6) is -0.876. The maximum absolute atomic E-state index is 13.2. The molecule has 0 bridgehead atoms. The average Bonchev–Trinajstić information content (AvgIpc) is 2.67. The Morgan fingerprint density at radius 1 is 1.18 bits per heavy atom. The highest BCUT2D eigenvalue weighted by molar-refractivity contribution is 7.89. The number of amides is 2. The zero-order chi connectivity index (χ0) is 20.5. The molecule has 1 heterocycles. The van der Waals surface area contributed by atoms with Gasteiger partial charge in [-0.3, -0.25) is 14.5 Å². The third kappa shape index (κ3) is 3.63. The van der Waals surface area contributed by atoms with Crippen molar-refractivity contribution in [2.45, 2.75) is 18.7 Å². The summed E-state index contributed by atoms with van der Waals surface area (Å²) in [6, 6.07) is 10.9. The lowest BCUT2D eigenvalue weighted by atomic mass is 10.1. The van der Waals surface area contributed by atoms with Crippen molar-refractivity contribution in [2.75, 3.05) is 29.9 Å². The van der Waals surface area contributed by atoms with Crippen LogP contribution in [0.4, 0.5) is 11.4 Å². The summed E-state index contributed by atoms with van der Waals surface area (Å²) in [5.41, 5.74) is 1.06. The number of anilines is 2. The Morgan fingerprint density at radius 3 is 2.54 bits per heavy atom. The van der Waals surface area contributed by atoms with Gasteiger partial charge in [-0.2, -0.15) is 4.31 Å². The molecule has 0 radical (unpaired) electrons. The minimum Gasteiger partial charge on any atom is -0.323 e. The van der Waals surface area contributed by atoms with Gasteiger partial charge in [-0.05, 0) is 30.3 Å². The molecule has 0 unspecified atom stereocenters. The predicted molar refractivity (Wildman–Crippen MR) is 108 cm³/mol. The van der Waals surface area contributed by atoms with Crippen molar-refractivity contribution >= 4 is 44.8 Å². The molecule has 2 aromatic carbocycles. The number of hydrogen-bond donors (Lipinski definition) is 1. The van der Waals surface area contributed by atoms with E-state index in [1.165, 1.54) is 27.4 Å². The van der Waals surface area contributed by atoms with Gasteiger partial charge in [-0.15, -0.1) is 0 Å². The SMILES string of the molecule is CCN(CC)S(=O)(=O)c1ccc(Cl)c(C(=O)N2CC(=O)Nc3ccccc32)c1. The monoisotopic (exact) mass is 421 g/mol. The summed E-state index contributed by atoms with van der Waals surface area (Å²) in [7, 11) is -3.75. The fraction of sp³-hybridized carbons (Fsp3) is 0.263. The zero-order valence-corrected chi connectivity index (χ0v) is 17.0. The van der Waals surface area contributed by atoms with E-state index in [-0.39, 0.29) is 27.9 Å². The van der Waals surface area contributed by atoms with Crippen LogP contribution in [0.15, 0.2) is 47.4 Å². The number of hydrogen-bond acceptors (Lipinski definition) is 4. The molecule has 0 saturated carbocycles. The molecule has 148 valence electrons. The number of rotatable bonds is 5. The second kappa shape index (κ2) is 7.90. The third-order valence-electron chi connectivity index (χ3n) is 4.53. The molecule has 2 amide bonds. The Hall–Kier alpha value is -2.42. The highest BCUT2D eigenvalue weighted by Gasteiger charge is 2.30. The average molecular weight is 422 g/mol. The number of nitrogens with zero attached hydrogens (tertiary/aromatic N) is 2. The van der Waals surface area contributed by atoms with Gasteiger partial charge in [-0.1, -0.05) is 37.6 Å². The lowest BCUT2D eigenvalue weighted by molar-refractivity contribution is -0.115. The van der Waals surface area contributed by atoms with Crippen molar-refractivity contribution < 1.29 is 18.0 Å². The molecule has 0 aliphatic carbocycles. The van der Waals surface area contributed by atoms with Crippen LogP contribution in [-0.2, 0) is 14.8 Å². The van der Waals surface area contributed by atoms with E-state index < -0.39 is 15.9 Å². The van der Waals surface area contributed by atoms with Crippen LogP contribution in [-0.4, -0.2) is 44.2 Å². The maximum Gasteiger partial charge on any atom is 0.260 e. The number of nitrogens with one attached hydrogen (secondary N) is 1. The van der Waals surface area contributed by atoms with Crippen molar-refractivity contribution in [3.63, 3.8) is 0 Å². The highest BCUT2D eigenvalue weighted by atomic mass is 35.5. The standard InChI is InChI=1S/C19H20ClN3O4S/c1-3-22(4-2)28(26,27)13-9-10-15(20)14(11-13)19(25)23-12-18(24)21-16-7-5-6-8-17(16)23/h5-11H,3-4,12H2,1-2H3,(H,21,24). The van der Waals surface area contributed by atoms with E-state index in [0.717, 1.165) is 0 Å². The first-order chi connectivity index (χ1) is 13.3. The van der Waals surface area contributed by atoms with E-state index >= 15 is 0 Å². The van der Waals surface area contributed by atoms with Gasteiger partial charge in [0, 0.05) is 13.1 Å². The number of benzene rings is 2. The molecule has 0 spiro atoms. The molecule has 2 aromatic rings. The quantitative estimate of drug-likeness (QED) is 0.804. The van der Waals surface area contributed by atoms with Crippen LogP contribution in [0.1, 0.15) is 24.2 Å². The molecule has 0 fully saturated rings. The van der Waals surface area contributed by atoms with Gasteiger partial charge in [-0.25, -0.2) is 8.42 Å². The van der Waals surface area contributed by atoms with E-state index in [1.54, 1.807) is 38.1 Å². The van der Waals surface area contributed by atoms with E-state index in [0.29, 0.717) is 24.5 Å². The Labute approximate surface area is 168 Å². The largest absolute Gasteiger partial charge is 0.323 e. The summed E-state index contributed by atoms with van der Waals surface area (Å²) in [6.45, 7) is 3.92. The summed E-state index contributed by atoms with van der Waals surface area (Å²) in [6.07, 6.45) is 0. The maximum atomic E-state index is 13.2. The summed E-state index contributed by atoms with van der Waals surface area (Å²) >= 11 is 6.21. The molecular formula is C19H20ClN3O4S. The van der Waals surface area contributed by atoms with Crippen molar-refractivity contribution in [3.8, 4) is 0 Å². The Bertz CT molecular complexity index is 1040. The van der Waals surface area contributed by atoms with Gasteiger partial charge in [0.1, 0.15) is 6.54 Å². The first kappa shape index (κ1) is 20.3. The van der Waals surface area contributed by atoms with Gasteiger partial charge in [0.2, 0.25) is 15.9 Å². The highest BCUT2D eigenvalue weighted by Crippen LogP contribution is 2.32. The molecular weight excluding hydrogens is 402 g/mol. The van der Waals surface area contributed by atoms with E-state index in [9.17, 15) is 18.0 Å².